The molecule has 0 aliphatic carbocycles. The summed E-state index contributed by atoms with van der Waals surface area (Å²) in [5.41, 5.74) is 0.544. The number of nitrogens with zero attached hydrogens (tertiary/aromatic N) is 4. The smallest absolute Gasteiger partial charge is 0.252 e. The van der Waals surface area contributed by atoms with Gasteiger partial charge in [-0.2, -0.15) is 0 Å². The zero-order valence-electron chi connectivity index (χ0n) is 13.3. The van der Waals surface area contributed by atoms with Gasteiger partial charge in [-0.3, -0.25) is 4.79 Å². The number of anilines is 2. The van der Waals surface area contributed by atoms with E-state index in [0.717, 1.165) is 18.9 Å². The van der Waals surface area contributed by atoms with Crippen molar-refractivity contribution >= 4 is 17.7 Å². The maximum Gasteiger partial charge on any atom is 0.252 e. The number of carbonyl (C=O) groups excluding carboxylic acids is 1. The molecule has 8 nitrogen and oxygen atoms in total. The topological polar surface area (TPSA) is 92.3 Å². The Morgan fingerprint density at radius 3 is 2.62 bits per heavy atom. The van der Waals surface area contributed by atoms with Gasteiger partial charge in [0.2, 0.25) is 5.95 Å². The molecule has 0 unspecified atom stereocenters. The van der Waals surface area contributed by atoms with Crippen LogP contribution in [-0.2, 0) is 4.74 Å². The first-order valence-electron chi connectivity index (χ1n) is 7.91. The predicted molar refractivity (Wildman–Crippen MR) is 90.1 cm³/mol. The quantitative estimate of drug-likeness (QED) is 0.748. The van der Waals surface area contributed by atoms with Gasteiger partial charge in [-0.05, 0) is 18.2 Å². The maximum absolute atomic E-state index is 12.1. The molecule has 0 aromatic carbocycles. The Morgan fingerprint density at radius 2 is 1.92 bits per heavy atom. The van der Waals surface area contributed by atoms with E-state index in [1.165, 1.54) is 0 Å². The van der Waals surface area contributed by atoms with Gasteiger partial charge in [0, 0.05) is 44.8 Å². The number of hydrogen-bond donors (Lipinski definition) is 2. The highest BCUT2D eigenvalue weighted by molar-refractivity contribution is 5.94. The highest BCUT2D eigenvalue weighted by Crippen LogP contribution is 2.12. The van der Waals surface area contributed by atoms with E-state index in [-0.39, 0.29) is 5.91 Å². The molecule has 1 aliphatic heterocycles. The SMILES string of the molecule is O=C(NCCNc1ncccn1)c1ccc(N2CCOCC2)nc1. The maximum atomic E-state index is 12.1. The summed E-state index contributed by atoms with van der Waals surface area (Å²) in [7, 11) is 0. The summed E-state index contributed by atoms with van der Waals surface area (Å²) in [4.78, 5) is 26.7. The number of carbonyl (C=O) groups is 1. The van der Waals surface area contributed by atoms with E-state index in [9.17, 15) is 4.79 Å². The largest absolute Gasteiger partial charge is 0.378 e. The molecule has 0 atom stereocenters. The molecule has 1 fully saturated rings. The van der Waals surface area contributed by atoms with Crippen LogP contribution in [-0.4, -0.2) is 60.3 Å². The van der Waals surface area contributed by atoms with Gasteiger partial charge in [0.25, 0.3) is 5.91 Å². The van der Waals surface area contributed by atoms with Crippen molar-refractivity contribution in [1.29, 1.82) is 0 Å². The van der Waals surface area contributed by atoms with Gasteiger partial charge in [0.15, 0.2) is 0 Å². The molecular weight excluding hydrogens is 308 g/mol. The lowest BCUT2D eigenvalue weighted by Crippen LogP contribution is -2.36. The second-order valence-corrected chi connectivity index (χ2v) is 5.26. The summed E-state index contributed by atoms with van der Waals surface area (Å²) in [5.74, 6) is 1.27. The summed E-state index contributed by atoms with van der Waals surface area (Å²) >= 11 is 0. The highest BCUT2D eigenvalue weighted by Gasteiger charge is 2.13. The molecule has 24 heavy (non-hydrogen) atoms. The van der Waals surface area contributed by atoms with Crippen molar-refractivity contribution in [2.45, 2.75) is 0 Å². The molecule has 2 aromatic heterocycles. The van der Waals surface area contributed by atoms with Crippen LogP contribution in [0.15, 0.2) is 36.8 Å². The average molecular weight is 328 g/mol. The number of nitrogens with one attached hydrogen (secondary N) is 2. The molecule has 1 aliphatic rings. The van der Waals surface area contributed by atoms with E-state index in [0.29, 0.717) is 37.8 Å². The number of morpholine rings is 1. The number of amides is 1. The Labute approximate surface area is 140 Å². The van der Waals surface area contributed by atoms with Gasteiger partial charge in [-0.15, -0.1) is 0 Å². The minimum Gasteiger partial charge on any atom is -0.378 e. The number of pyridine rings is 1. The molecule has 1 amide bonds. The minimum atomic E-state index is -0.146. The van der Waals surface area contributed by atoms with Crippen LogP contribution in [0.4, 0.5) is 11.8 Å². The van der Waals surface area contributed by atoms with Crippen molar-refractivity contribution in [3.05, 3.63) is 42.4 Å². The second-order valence-electron chi connectivity index (χ2n) is 5.26. The average Bonchev–Trinajstić information content (AvgIpc) is 2.67. The van der Waals surface area contributed by atoms with Crippen LogP contribution in [0, 0.1) is 0 Å². The van der Waals surface area contributed by atoms with Gasteiger partial charge in [0.05, 0.1) is 18.8 Å². The first-order valence-corrected chi connectivity index (χ1v) is 7.91. The summed E-state index contributed by atoms with van der Waals surface area (Å²) in [6.07, 6.45) is 4.93. The van der Waals surface area contributed by atoms with Crippen LogP contribution >= 0.6 is 0 Å². The lowest BCUT2D eigenvalue weighted by Gasteiger charge is -2.27. The van der Waals surface area contributed by atoms with Gasteiger partial charge < -0.3 is 20.3 Å². The van der Waals surface area contributed by atoms with E-state index in [4.69, 9.17) is 4.74 Å². The monoisotopic (exact) mass is 328 g/mol. The predicted octanol–water partition coefficient (Wildman–Crippen LogP) is 0.550. The summed E-state index contributed by atoms with van der Waals surface area (Å²) in [6, 6.07) is 5.41. The third-order valence-corrected chi connectivity index (χ3v) is 3.60. The van der Waals surface area contributed by atoms with E-state index >= 15 is 0 Å². The summed E-state index contributed by atoms with van der Waals surface area (Å²) < 4.78 is 5.32. The van der Waals surface area contributed by atoms with Crippen LogP contribution < -0.4 is 15.5 Å². The molecule has 3 heterocycles. The van der Waals surface area contributed by atoms with Crippen molar-refractivity contribution in [2.24, 2.45) is 0 Å². The molecular formula is C16H20N6O2. The molecule has 0 spiro atoms. The number of rotatable bonds is 6. The summed E-state index contributed by atoms with van der Waals surface area (Å²) in [6.45, 7) is 4.10. The first kappa shape index (κ1) is 16.1. The van der Waals surface area contributed by atoms with E-state index < -0.39 is 0 Å². The molecule has 8 heteroatoms. The van der Waals surface area contributed by atoms with Crippen molar-refractivity contribution in [2.75, 3.05) is 49.6 Å². The van der Waals surface area contributed by atoms with Crippen molar-refractivity contribution in [1.82, 2.24) is 20.3 Å². The fourth-order valence-electron chi connectivity index (χ4n) is 2.34. The van der Waals surface area contributed by atoms with Crippen LogP contribution in [0.1, 0.15) is 10.4 Å². The fraction of sp³-hybridized carbons (Fsp3) is 0.375. The summed E-state index contributed by atoms with van der Waals surface area (Å²) in [5, 5.41) is 5.87. The Bertz CT molecular complexity index is 643. The second kappa shape index (κ2) is 8.21. The number of ether oxygens (including phenoxy) is 1. The zero-order valence-corrected chi connectivity index (χ0v) is 13.3. The number of hydrogen-bond acceptors (Lipinski definition) is 7. The van der Waals surface area contributed by atoms with Gasteiger partial charge in [0.1, 0.15) is 5.82 Å². The Hall–Kier alpha value is -2.74. The van der Waals surface area contributed by atoms with Gasteiger partial charge in [-0.25, -0.2) is 15.0 Å². The lowest BCUT2D eigenvalue weighted by molar-refractivity contribution is 0.0954. The molecule has 0 radical (unpaired) electrons. The first-order chi connectivity index (χ1) is 11.8. The molecule has 3 rings (SSSR count). The molecule has 126 valence electrons. The molecule has 0 saturated carbocycles. The molecule has 1 saturated heterocycles. The van der Waals surface area contributed by atoms with E-state index in [2.05, 4.69) is 30.5 Å². The molecule has 0 bridgehead atoms. The Morgan fingerprint density at radius 1 is 1.12 bits per heavy atom. The van der Waals surface area contributed by atoms with E-state index in [1.54, 1.807) is 30.7 Å². The lowest BCUT2D eigenvalue weighted by atomic mass is 10.2. The van der Waals surface area contributed by atoms with Crippen molar-refractivity contribution in [3.63, 3.8) is 0 Å². The van der Waals surface area contributed by atoms with Crippen LogP contribution in [0.25, 0.3) is 0 Å². The fourth-order valence-corrected chi connectivity index (χ4v) is 2.34. The van der Waals surface area contributed by atoms with Crippen LogP contribution in [0.3, 0.4) is 0 Å². The zero-order chi connectivity index (χ0) is 16.6. The van der Waals surface area contributed by atoms with Crippen LogP contribution in [0.2, 0.25) is 0 Å². The van der Waals surface area contributed by atoms with Crippen molar-refractivity contribution in [3.8, 4) is 0 Å². The van der Waals surface area contributed by atoms with E-state index in [1.807, 2.05) is 6.07 Å². The normalized spacial score (nSPS) is 14.2. The van der Waals surface area contributed by atoms with Gasteiger partial charge in [-0.1, -0.05) is 0 Å². The van der Waals surface area contributed by atoms with Gasteiger partial charge >= 0.3 is 0 Å². The molecule has 2 N–H and O–H groups in total. The highest BCUT2D eigenvalue weighted by atomic mass is 16.5. The van der Waals surface area contributed by atoms with Crippen LogP contribution in [0.5, 0.6) is 0 Å². The Kier molecular flexibility index (Phi) is 5.52. The third-order valence-electron chi connectivity index (χ3n) is 3.60. The standard InChI is InChI=1S/C16H20N6O2/c23-15(17-6-7-20-16-18-4-1-5-19-16)13-2-3-14(21-12-13)22-8-10-24-11-9-22/h1-5,12H,6-11H2,(H,17,23)(H,18,19,20). The third kappa shape index (κ3) is 4.39. The van der Waals surface area contributed by atoms with Crippen molar-refractivity contribution < 1.29 is 9.53 Å². The number of aromatic nitrogens is 3. The minimum absolute atomic E-state index is 0.146. The Balaban J connectivity index is 1.44. The molecule has 2 aromatic rings.